The molecule has 11 heavy (non-hydrogen) atoms. The number of hydrogen-bond acceptors (Lipinski definition) is 2. The van der Waals surface area contributed by atoms with Crippen LogP contribution in [0.2, 0.25) is 0 Å². The molecule has 1 rings (SSSR count). The summed E-state index contributed by atoms with van der Waals surface area (Å²) in [4.78, 5) is 1.36. The largest absolute Gasteiger partial charge is 0.197 e. The number of aryl methyl sites for hydroxylation is 2. The van der Waals surface area contributed by atoms with Gasteiger partial charge in [0.2, 0.25) is 0 Å². The molecule has 0 saturated heterocycles. The van der Waals surface area contributed by atoms with Crippen molar-refractivity contribution in [3.8, 4) is 0 Å². The predicted molar refractivity (Wildman–Crippen MR) is 50.3 cm³/mol. The highest BCUT2D eigenvalue weighted by molar-refractivity contribution is 7.05. The molecule has 0 N–H and O–H groups in total. The van der Waals surface area contributed by atoms with Crippen molar-refractivity contribution < 1.29 is 0 Å². The zero-order chi connectivity index (χ0) is 8.65. The van der Waals surface area contributed by atoms with Crippen molar-refractivity contribution in [3.63, 3.8) is 0 Å². The highest BCUT2D eigenvalue weighted by Gasteiger charge is 2.20. The molecule has 0 amide bonds. The highest BCUT2D eigenvalue weighted by atomic mass is 32.1. The van der Waals surface area contributed by atoms with Gasteiger partial charge in [-0.2, -0.15) is 4.37 Å². The van der Waals surface area contributed by atoms with Gasteiger partial charge in [-0.25, -0.2) is 0 Å². The highest BCUT2D eigenvalue weighted by Crippen LogP contribution is 2.30. The lowest BCUT2D eigenvalue weighted by Gasteiger charge is -2.18. The molecule has 1 heterocycles. The first kappa shape index (κ1) is 8.72. The standard InChI is InChI=1S/C9H15NS/c1-6-8(9(3,4)5)7(2)11-10-6/h1-5H3. The molecule has 0 aliphatic heterocycles. The van der Waals surface area contributed by atoms with Gasteiger partial charge in [-0.05, 0) is 36.4 Å². The molecular weight excluding hydrogens is 154 g/mol. The lowest BCUT2D eigenvalue weighted by molar-refractivity contribution is 0.583. The van der Waals surface area contributed by atoms with Gasteiger partial charge in [0.15, 0.2) is 0 Å². The summed E-state index contributed by atoms with van der Waals surface area (Å²) in [5.74, 6) is 0. The fourth-order valence-corrected chi connectivity index (χ4v) is 2.46. The van der Waals surface area contributed by atoms with Crippen molar-refractivity contribution in [2.24, 2.45) is 0 Å². The average molecular weight is 169 g/mol. The van der Waals surface area contributed by atoms with Crippen molar-refractivity contribution in [2.45, 2.75) is 40.0 Å². The van der Waals surface area contributed by atoms with E-state index in [1.54, 1.807) is 11.5 Å². The first-order valence-corrected chi connectivity index (χ1v) is 4.63. The van der Waals surface area contributed by atoms with Gasteiger partial charge in [0.05, 0.1) is 5.69 Å². The average Bonchev–Trinajstić information content (AvgIpc) is 2.08. The van der Waals surface area contributed by atoms with Gasteiger partial charge in [-0.15, -0.1) is 0 Å². The van der Waals surface area contributed by atoms with Crippen LogP contribution in [0.5, 0.6) is 0 Å². The number of rotatable bonds is 0. The zero-order valence-electron chi connectivity index (χ0n) is 7.86. The first-order chi connectivity index (χ1) is 4.93. The Morgan fingerprint density at radius 1 is 1.18 bits per heavy atom. The third-order valence-electron chi connectivity index (χ3n) is 1.78. The van der Waals surface area contributed by atoms with E-state index in [2.05, 4.69) is 39.0 Å². The lowest BCUT2D eigenvalue weighted by Crippen LogP contribution is -2.12. The minimum Gasteiger partial charge on any atom is -0.197 e. The molecule has 0 radical (unpaired) electrons. The molecular formula is C9H15NS. The van der Waals surface area contributed by atoms with Crippen LogP contribution in [0, 0.1) is 13.8 Å². The van der Waals surface area contributed by atoms with Crippen LogP contribution < -0.4 is 0 Å². The molecule has 0 bridgehead atoms. The van der Waals surface area contributed by atoms with Crippen LogP contribution in [-0.4, -0.2) is 4.37 Å². The van der Waals surface area contributed by atoms with E-state index in [1.807, 2.05) is 0 Å². The second-order valence-corrected chi connectivity index (χ2v) is 4.93. The maximum absolute atomic E-state index is 4.32. The van der Waals surface area contributed by atoms with E-state index in [-0.39, 0.29) is 5.41 Å². The third-order valence-corrected chi connectivity index (χ3v) is 2.63. The fraction of sp³-hybridized carbons (Fsp3) is 0.667. The lowest BCUT2D eigenvalue weighted by atomic mass is 9.86. The fourth-order valence-electron chi connectivity index (χ4n) is 1.55. The molecule has 1 aromatic rings. The third kappa shape index (κ3) is 1.62. The van der Waals surface area contributed by atoms with E-state index < -0.39 is 0 Å². The Bertz CT molecular complexity index is 236. The summed E-state index contributed by atoms with van der Waals surface area (Å²) in [6.07, 6.45) is 0. The molecule has 0 atom stereocenters. The Balaban J connectivity index is 3.21. The van der Waals surface area contributed by atoms with Crippen molar-refractivity contribution in [1.82, 2.24) is 4.37 Å². The van der Waals surface area contributed by atoms with E-state index in [0.29, 0.717) is 0 Å². The van der Waals surface area contributed by atoms with Crippen molar-refractivity contribution >= 4 is 11.5 Å². The topological polar surface area (TPSA) is 12.9 Å². The molecule has 0 aliphatic carbocycles. The van der Waals surface area contributed by atoms with E-state index in [0.717, 1.165) is 0 Å². The van der Waals surface area contributed by atoms with Crippen molar-refractivity contribution in [1.29, 1.82) is 0 Å². The summed E-state index contributed by atoms with van der Waals surface area (Å²) in [6, 6.07) is 0. The monoisotopic (exact) mass is 169 g/mol. The summed E-state index contributed by atoms with van der Waals surface area (Å²) >= 11 is 1.61. The Morgan fingerprint density at radius 2 is 1.73 bits per heavy atom. The Hall–Kier alpha value is -0.370. The zero-order valence-corrected chi connectivity index (χ0v) is 8.67. The van der Waals surface area contributed by atoms with E-state index >= 15 is 0 Å². The second-order valence-electron chi connectivity index (χ2n) is 3.95. The normalized spacial score (nSPS) is 12.1. The Labute approximate surface area is 72.6 Å². The second kappa shape index (κ2) is 2.59. The van der Waals surface area contributed by atoms with Crippen LogP contribution >= 0.6 is 11.5 Å². The van der Waals surface area contributed by atoms with Gasteiger partial charge in [0.25, 0.3) is 0 Å². The van der Waals surface area contributed by atoms with Gasteiger partial charge in [0.1, 0.15) is 0 Å². The molecule has 0 aromatic carbocycles. The molecule has 0 fully saturated rings. The van der Waals surface area contributed by atoms with Crippen LogP contribution in [0.4, 0.5) is 0 Å². The maximum atomic E-state index is 4.32. The van der Waals surface area contributed by atoms with Gasteiger partial charge in [0, 0.05) is 4.88 Å². The van der Waals surface area contributed by atoms with Crippen molar-refractivity contribution in [3.05, 3.63) is 16.1 Å². The summed E-state index contributed by atoms with van der Waals surface area (Å²) < 4.78 is 4.32. The van der Waals surface area contributed by atoms with Crippen LogP contribution in [0.25, 0.3) is 0 Å². The minimum absolute atomic E-state index is 0.251. The molecule has 0 unspecified atom stereocenters. The van der Waals surface area contributed by atoms with Crippen LogP contribution in [0.3, 0.4) is 0 Å². The summed E-state index contributed by atoms with van der Waals surface area (Å²) in [6.45, 7) is 10.9. The number of aromatic nitrogens is 1. The first-order valence-electron chi connectivity index (χ1n) is 3.86. The number of hydrogen-bond donors (Lipinski definition) is 0. The van der Waals surface area contributed by atoms with Crippen LogP contribution in [-0.2, 0) is 5.41 Å². The van der Waals surface area contributed by atoms with Gasteiger partial charge < -0.3 is 0 Å². The van der Waals surface area contributed by atoms with E-state index in [4.69, 9.17) is 0 Å². The van der Waals surface area contributed by atoms with Crippen molar-refractivity contribution in [2.75, 3.05) is 0 Å². The van der Waals surface area contributed by atoms with E-state index in [9.17, 15) is 0 Å². The predicted octanol–water partition coefficient (Wildman–Crippen LogP) is 3.06. The van der Waals surface area contributed by atoms with Gasteiger partial charge in [-0.3, -0.25) is 0 Å². The molecule has 2 heteroatoms. The summed E-state index contributed by atoms with van der Waals surface area (Å²) in [5.41, 5.74) is 2.86. The number of nitrogens with zero attached hydrogens (tertiary/aromatic N) is 1. The SMILES string of the molecule is Cc1nsc(C)c1C(C)(C)C. The molecule has 0 aliphatic rings. The molecule has 62 valence electrons. The molecule has 0 spiro atoms. The Kier molecular flexibility index (Phi) is 2.06. The quantitative estimate of drug-likeness (QED) is 0.581. The molecule has 1 aromatic heterocycles. The van der Waals surface area contributed by atoms with Crippen LogP contribution in [0.15, 0.2) is 0 Å². The van der Waals surface area contributed by atoms with Crippen LogP contribution in [0.1, 0.15) is 36.9 Å². The minimum atomic E-state index is 0.251. The summed E-state index contributed by atoms with van der Waals surface area (Å²) in [7, 11) is 0. The summed E-state index contributed by atoms with van der Waals surface area (Å²) in [5, 5.41) is 0. The van der Waals surface area contributed by atoms with E-state index in [1.165, 1.54) is 16.1 Å². The maximum Gasteiger partial charge on any atom is 0.0551 e. The van der Waals surface area contributed by atoms with Gasteiger partial charge >= 0.3 is 0 Å². The Morgan fingerprint density at radius 3 is 1.91 bits per heavy atom. The smallest absolute Gasteiger partial charge is 0.0551 e. The van der Waals surface area contributed by atoms with Gasteiger partial charge in [-0.1, -0.05) is 20.8 Å². The molecule has 0 saturated carbocycles. The molecule has 1 nitrogen and oxygen atoms in total.